The van der Waals surface area contributed by atoms with Crippen LogP contribution < -0.4 is 16.0 Å². The van der Waals surface area contributed by atoms with Crippen molar-refractivity contribution in [2.24, 2.45) is 0 Å². The molecule has 0 aliphatic carbocycles. The van der Waals surface area contributed by atoms with E-state index in [4.69, 9.17) is 0 Å². The van der Waals surface area contributed by atoms with Crippen LogP contribution in [0.2, 0.25) is 0 Å². The molecule has 2 amide bonds. The lowest BCUT2D eigenvalue weighted by atomic mass is 10.2. The molecule has 3 N–H and O–H groups in total. The maximum absolute atomic E-state index is 12.1. The van der Waals surface area contributed by atoms with Gasteiger partial charge in [-0.3, -0.25) is 4.98 Å². The van der Waals surface area contributed by atoms with E-state index < -0.39 is 0 Å². The monoisotopic (exact) mass is 352 g/mol. The Morgan fingerprint density at radius 3 is 2.77 bits per heavy atom. The lowest BCUT2D eigenvalue weighted by Crippen LogP contribution is -2.32. The second-order valence-corrected chi connectivity index (χ2v) is 5.88. The summed E-state index contributed by atoms with van der Waals surface area (Å²) >= 11 is 0. The molecular formula is C19H24N6O. The van der Waals surface area contributed by atoms with Gasteiger partial charge in [0.25, 0.3) is 0 Å². The van der Waals surface area contributed by atoms with E-state index in [9.17, 15) is 4.79 Å². The van der Waals surface area contributed by atoms with Crippen molar-refractivity contribution >= 4 is 28.4 Å². The Morgan fingerprint density at radius 2 is 2.04 bits per heavy atom. The Hall–Kier alpha value is -3.09. The number of carbonyl (C=O) groups is 1. The number of nitrogens with zero attached hydrogens (tertiary/aromatic N) is 3. The minimum Gasteiger partial charge on any atom is -0.382 e. The van der Waals surface area contributed by atoms with Gasteiger partial charge in [-0.05, 0) is 37.3 Å². The fraction of sp³-hybridized carbons (Fsp3) is 0.316. The van der Waals surface area contributed by atoms with Gasteiger partial charge in [0.05, 0.1) is 16.7 Å². The number of urea groups is 1. The smallest absolute Gasteiger partial charge is 0.319 e. The molecule has 0 radical (unpaired) electrons. The third kappa shape index (κ3) is 4.11. The van der Waals surface area contributed by atoms with E-state index in [1.807, 2.05) is 30.3 Å². The number of aromatic nitrogens is 3. The summed E-state index contributed by atoms with van der Waals surface area (Å²) in [6, 6.07) is 9.38. The average molecular weight is 352 g/mol. The fourth-order valence-electron chi connectivity index (χ4n) is 2.91. The van der Waals surface area contributed by atoms with Gasteiger partial charge < -0.3 is 20.5 Å². The molecule has 26 heavy (non-hydrogen) atoms. The predicted molar refractivity (Wildman–Crippen MR) is 105 cm³/mol. The minimum atomic E-state index is -0.233. The Balaban J connectivity index is 1.54. The van der Waals surface area contributed by atoms with Crippen molar-refractivity contribution in [2.75, 3.05) is 23.7 Å². The molecule has 0 saturated heterocycles. The standard InChI is InChI=1S/C19H24N6O/c1-3-18-24-16-12-14(7-8-17(16)25(18)4-2)23-19(26)22-11-10-21-15-6-5-9-20-13-15/h5-9,12-13,21H,3-4,10-11H2,1-2H3,(H2,22,23,26). The van der Waals surface area contributed by atoms with Gasteiger partial charge in [-0.25, -0.2) is 9.78 Å². The van der Waals surface area contributed by atoms with Crippen LogP contribution in [0.15, 0.2) is 42.7 Å². The molecule has 0 saturated carbocycles. The fourth-order valence-corrected chi connectivity index (χ4v) is 2.91. The van der Waals surface area contributed by atoms with E-state index in [1.54, 1.807) is 12.4 Å². The largest absolute Gasteiger partial charge is 0.382 e. The third-order valence-corrected chi connectivity index (χ3v) is 4.12. The van der Waals surface area contributed by atoms with Crippen LogP contribution in [0.25, 0.3) is 11.0 Å². The molecule has 0 fully saturated rings. The van der Waals surface area contributed by atoms with Gasteiger partial charge in [0.15, 0.2) is 0 Å². The van der Waals surface area contributed by atoms with Crippen molar-refractivity contribution in [3.05, 3.63) is 48.5 Å². The number of benzene rings is 1. The SMILES string of the molecule is CCc1nc2cc(NC(=O)NCCNc3cccnc3)ccc2n1CC. The second-order valence-electron chi connectivity index (χ2n) is 5.88. The van der Waals surface area contributed by atoms with Crippen LogP contribution in [-0.4, -0.2) is 33.7 Å². The van der Waals surface area contributed by atoms with Gasteiger partial charge in [0.2, 0.25) is 0 Å². The van der Waals surface area contributed by atoms with Gasteiger partial charge in [0.1, 0.15) is 5.82 Å². The van der Waals surface area contributed by atoms with Crippen molar-refractivity contribution in [3.63, 3.8) is 0 Å². The first-order valence-electron chi connectivity index (χ1n) is 8.89. The summed E-state index contributed by atoms with van der Waals surface area (Å²) in [6.45, 7) is 6.22. The second kappa shape index (κ2) is 8.33. The van der Waals surface area contributed by atoms with Crippen LogP contribution in [-0.2, 0) is 13.0 Å². The quantitative estimate of drug-likeness (QED) is 0.570. The average Bonchev–Trinajstić information content (AvgIpc) is 3.03. The van der Waals surface area contributed by atoms with E-state index in [-0.39, 0.29) is 6.03 Å². The van der Waals surface area contributed by atoms with E-state index in [0.717, 1.165) is 41.2 Å². The molecule has 7 heteroatoms. The van der Waals surface area contributed by atoms with Gasteiger partial charge >= 0.3 is 6.03 Å². The Bertz CT molecular complexity index is 874. The van der Waals surface area contributed by atoms with Crippen LogP contribution >= 0.6 is 0 Å². The highest BCUT2D eigenvalue weighted by atomic mass is 16.2. The summed E-state index contributed by atoms with van der Waals surface area (Å²) in [5, 5.41) is 8.88. The predicted octanol–water partition coefficient (Wildman–Crippen LogP) is 3.25. The van der Waals surface area contributed by atoms with Crippen LogP contribution in [0.4, 0.5) is 16.2 Å². The maximum atomic E-state index is 12.1. The number of rotatable bonds is 7. The first-order valence-corrected chi connectivity index (χ1v) is 8.89. The zero-order valence-corrected chi connectivity index (χ0v) is 15.1. The number of nitrogens with one attached hydrogen (secondary N) is 3. The summed E-state index contributed by atoms with van der Waals surface area (Å²) in [7, 11) is 0. The summed E-state index contributed by atoms with van der Waals surface area (Å²) in [4.78, 5) is 20.7. The van der Waals surface area contributed by atoms with Crippen molar-refractivity contribution < 1.29 is 4.79 Å². The molecule has 2 aromatic heterocycles. The lowest BCUT2D eigenvalue weighted by Gasteiger charge is -2.09. The maximum Gasteiger partial charge on any atom is 0.319 e. The van der Waals surface area contributed by atoms with Crippen LogP contribution in [0.5, 0.6) is 0 Å². The minimum absolute atomic E-state index is 0.233. The molecule has 3 rings (SSSR count). The van der Waals surface area contributed by atoms with Gasteiger partial charge in [-0.2, -0.15) is 0 Å². The number of imidazole rings is 1. The number of pyridine rings is 1. The summed E-state index contributed by atoms with van der Waals surface area (Å²) in [6.07, 6.45) is 4.35. The number of carbonyl (C=O) groups excluding carboxylic acids is 1. The number of amides is 2. The molecule has 136 valence electrons. The molecule has 0 atom stereocenters. The summed E-state index contributed by atoms with van der Waals surface area (Å²) in [5.74, 6) is 1.06. The van der Waals surface area contributed by atoms with E-state index in [1.165, 1.54) is 0 Å². The van der Waals surface area contributed by atoms with E-state index in [2.05, 4.69) is 44.3 Å². The molecule has 0 aliphatic heterocycles. The lowest BCUT2D eigenvalue weighted by molar-refractivity contribution is 0.252. The zero-order valence-electron chi connectivity index (χ0n) is 15.1. The molecule has 3 aromatic rings. The molecule has 0 bridgehead atoms. The third-order valence-electron chi connectivity index (χ3n) is 4.12. The number of fused-ring (bicyclic) bond motifs is 1. The van der Waals surface area contributed by atoms with Crippen LogP contribution in [0, 0.1) is 0 Å². The van der Waals surface area contributed by atoms with Crippen molar-refractivity contribution in [2.45, 2.75) is 26.8 Å². The highest BCUT2D eigenvalue weighted by molar-refractivity contribution is 5.92. The van der Waals surface area contributed by atoms with Crippen molar-refractivity contribution in [1.82, 2.24) is 19.9 Å². The Kier molecular flexibility index (Phi) is 5.68. The van der Waals surface area contributed by atoms with Crippen LogP contribution in [0.1, 0.15) is 19.7 Å². The molecule has 1 aromatic carbocycles. The molecule has 2 heterocycles. The Morgan fingerprint density at radius 1 is 1.15 bits per heavy atom. The molecular weight excluding hydrogens is 328 g/mol. The number of aryl methyl sites for hydroxylation is 2. The molecule has 0 spiro atoms. The highest BCUT2D eigenvalue weighted by Crippen LogP contribution is 2.21. The van der Waals surface area contributed by atoms with Gasteiger partial charge in [-0.1, -0.05) is 6.92 Å². The zero-order chi connectivity index (χ0) is 18.4. The van der Waals surface area contributed by atoms with Crippen LogP contribution in [0.3, 0.4) is 0 Å². The highest BCUT2D eigenvalue weighted by Gasteiger charge is 2.09. The Labute approximate surface area is 152 Å². The van der Waals surface area contributed by atoms with Crippen molar-refractivity contribution in [3.8, 4) is 0 Å². The normalized spacial score (nSPS) is 10.7. The van der Waals surface area contributed by atoms with E-state index >= 15 is 0 Å². The summed E-state index contributed by atoms with van der Waals surface area (Å²) in [5.41, 5.74) is 3.66. The summed E-state index contributed by atoms with van der Waals surface area (Å²) < 4.78 is 2.20. The topological polar surface area (TPSA) is 83.9 Å². The number of hydrogen-bond acceptors (Lipinski definition) is 4. The van der Waals surface area contributed by atoms with Gasteiger partial charge in [-0.15, -0.1) is 0 Å². The molecule has 7 nitrogen and oxygen atoms in total. The van der Waals surface area contributed by atoms with Crippen molar-refractivity contribution in [1.29, 1.82) is 0 Å². The molecule has 0 unspecified atom stereocenters. The van der Waals surface area contributed by atoms with Gasteiger partial charge in [0, 0.05) is 44.1 Å². The number of anilines is 2. The first kappa shape index (κ1) is 17.7. The first-order chi connectivity index (χ1) is 12.7. The number of hydrogen-bond donors (Lipinski definition) is 3. The molecule has 0 aliphatic rings. The van der Waals surface area contributed by atoms with E-state index in [0.29, 0.717) is 13.1 Å².